The zero-order valence-corrected chi connectivity index (χ0v) is 13.1. The van der Waals surface area contributed by atoms with Crippen LogP contribution < -0.4 is 5.73 Å². The van der Waals surface area contributed by atoms with Gasteiger partial charge >= 0.3 is 0 Å². The highest BCUT2D eigenvalue weighted by Gasteiger charge is 2.41. The van der Waals surface area contributed by atoms with Gasteiger partial charge in [-0.25, -0.2) is 0 Å². The molecule has 2 saturated heterocycles. The highest BCUT2D eigenvalue weighted by Crippen LogP contribution is 2.20. The fraction of sp³-hybridized carbons (Fsp3) is 0.667. The van der Waals surface area contributed by atoms with Crippen molar-refractivity contribution in [2.75, 3.05) is 39.4 Å². The zero-order chi connectivity index (χ0) is 14.7. The third-order valence-electron chi connectivity index (χ3n) is 4.31. The van der Waals surface area contributed by atoms with Gasteiger partial charge in [-0.2, -0.15) is 0 Å². The molecule has 0 saturated carbocycles. The van der Waals surface area contributed by atoms with E-state index in [1.165, 1.54) is 4.88 Å². The minimum Gasteiger partial charge on any atom is -0.379 e. The molecule has 0 aromatic carbocycles. The maximum absolute atomic E-state index is 12.6. The molecule has 0 spiro atoms. The van der Waals surface area contributed by atoms with Crippen molar-refractivity contribution in [1.82, 2.24) is 9.80 Å². The molecule has 1 atom stereocenters. The lowest BCUT2D eigenvalue weighted by molar-refractivity contribution is -0.136. The summed E-state index contributed by atoms with van der Waals surface area (Å²) in [6.07, 6.45) is 1.65. The first kappa shape index (κ1) is 15.0. The minimum atomic E-state index is -0.789. The first-order chi connectivity index (χ1) is 10.2. The summed E-state index contributed by atoms with van der Waals surface area (Å²) < 4.78 is 5.31. The molecule has 6 heteroatoms. The largest absolute Gasteiger partial charge is 0.379 e. The van der Waals surface area contributed by atoms with E-state index < -0.39 is 5.54 Å². The monoisotopic (exact) mass is 309 g/mol. The smallest absolute Gasteiger partial charge is 0.245 e. The maximum atomic E-state index is 12.6. The number of carbonyl (C=O) groups excluding carboxylic acids is 1. The predicted octanol–water partition coefficient (Wildman–Crippen LogP) is 0.900. The Morgan fingerprint density at radius 2 is 2.29 bits per heavy atom. The van der Waals surface area contributed by atoms with Crippen LogP contribution in [0.3, 0.4) is 0 Å². The van der Waals surface area contributed by atoms with E-state index in [4.69, 9.17) is 10.5 Å². The van der Waals surface area contributed by atoms with Gasteiger partial charge in [0.05, 0.1) is 6.61 Å². The van der Waals surface area contributed by atoms with E-state index in [-0.39, 0.29) is 5.91 Å². The third-order valence-corrected chi connectivity index (χ3v) is 5.17. The first-order valence-electron chi connectivity index (χ1n) is 7.58. The fourth-order valence-corrected chi connectivity index (χ4v) is 3.77. The van der Waals surface area contributed by atoms with Crippen molar-refractivity contribution < 1.29 is 9.53 Å². The Morgan fingerprint density at radius 1 is 1.38 bits per heavy atom. The molecule has 2 aliphatic heterocycles. The van der Waals surface area contributed by atoms with E-state index in [0.29, 0.717) is 19.6 Å². The fourth-order valence-electron chi connectivity index (χ4n) is 3.02. The first-order valence-corrected chi connectivity index (χ1v) is 8.46. The molecule has 5 nitrogen and oxygen atoms in total. The number of ether oxygens (including phenoxy) is 1. The molecule has 3 rings (SSSR count). The average Bonchev–Trinajstić information content (AvgIpc) is 3.08. The summed E-state index contributed by atoms with van der Waals surface area (Å²) in [6, 6.07) is 4.26. The van der Waals surface area contributed by atoms with Crippen molar-refractivity contribution in [3.8, 4) is 0 Å². The van der Waals surface area contributed by atoms with Crippen molar-refractivity contribution in [3.05, 3.63) is 22.4 Å². The Hall–Kier alpha value is -0.950. The van der Waals surface area contributed by atoms with Crippen LogP contribution in [0, 0.1) is 0 Å². The molecule has 0 aliphatic carbocycles. The third kappa shape index (κ3) is 3.45. The number of hydrogen-bond donors (Lipinski definition) is 1. The number of thiophene rings is 1. The number of nitrogens with two attached hydrogens (primary N) is 1. The van der Waals surface area contributed by atoms with Crippen LogP contribution in [0.2, 0.25) is 0 Å². The number of carbonyl (C=O) groups is 1. The molecule has 21 heavy (non-hydrogen) atoms. The normalized spacial score (nSPS) is 27.8. The van der Waals surface area contributed by atoms with Gasteiger partial charge in [-0.1, -0.05) is 6.07 Å². The molecule has 1 aromatic rings. The van der Waals surface area contributed by atoms with Crippen LogP contribution in [-0.2, 0) is 16.1 Å². The van der Waals surface area contributed by atoms with Gasteiger partial charge in [0, 0.05) is 44.2 Å². The topological polar surface area (TPSA) is 58.8 Å². The van der Waals surface area contributed by atoms with E-state index in [0.717, 1.165) is 39.1 Å². The molecule has 0 bridgehead atoms. The van der Waals surface area contributed by atoms with Gasteiger partial charge in [-0.05, 0) is 24.3 Å². The van der Waals surface area contributed by atoms with Crippen LogP contribution in [-0.4, -0.2) is 60.6 Å². The van der Waals surface area contributed by atoms with Gasteiger partial charge in [0.25, 0.3) is 0 Å². The zero-order valence-electron chi connectivity index (χ0n) is 12.3. The van der Waals surface area contributed by atoms with Crippen LogP contribution in [0.5, 0.6) is 0 Å². The number of rotatable bonds is 3. The van der Waals surface area contributed by atoms with Crippen LogP contribution in [0.25, 0.3) is 0 Å². The van der Waals surface area contributed by atoms with Gasteiger partial charge in [-0.3, -0.25) is 9.69 Å². The lowest BCUT2D eigenvalue weighted by atomic mass is 9.98. The van der Waals surface area contributed by atoms with Crippen LogP contribution in [0.1, 0.15) is 17.7 Å². The van der Waals surface area contributed by atoms with E-state index >= 15 is 0 Å². The predicted molar refractivity (Wildman–Crippen MR) is 83.1 cm³/mol. The Bertz CT molecular complexity index is 471. The lowest BCUT2D eigenvalue weighted by Crippen LogP contribution is -2.56. The molecule has 3 heterocycles. The summed E-state index contributed by atoms with van der Waals surface area (Å²) in [4.78, 5) is 18.3. The molecule has 1 unspecified atom stereocenters. The maximum Gasteiger partial charge on any atom is 0.245 e. The summed E-state index contributed by atoms with van der Waals surface area (Å²) >= 11 is 1.79. The Morgan fingerprint density at radius 3 is 3.00 bits per heavy atom. The second kappa shape index (κ2) is 6.44. The number of nitrogens with zero attached hydrogens (tertiary/aromatic N) is 2. The van der Waals surface area contributed by atoms with Gasteiger partial charge in [0.2, 0.25) is 5.91 Å². The van der Waals surface area contributed by atoms with Crippen molar-refractivity contribution in [2.24, 2.45) is 5.73 Å². The number of amides is 1. The quantitative estimate of drug-likeness (QED) is 0.901. The van der Waals surface area contributed by atoms with Crippen molar-refractivity contribution in [1.29, 1.82) is 0 Å². The van der Waals surface area contributed by atoms with Crippen LogP contribution >= 0.6 is 11.3 Å². The molecular weight excluding hydrogens is 286 g/mol. The minimum absolute atomic E-state index is 0.0676. The van der Waals surface area contributed by atoms with E-state index in [9.17, 15) is 4.79 Å². The van der Waals surface area contributed by atoms with Gasteiger partial charge in [0.1, 0.15) is 5.54 Å². The molecule has 116 valence electrons. The molecule has 1 aromatic heterocycles. The molecular formula is C15H23N3O2S. The Kier molecular flexibility index (Phi) is 4.59. The Labute approximate surface area is 129 Å². The SMILES string of the molecule is NC1(C(=O)N2CCCN(Cc3cccs3)CC2)CCOC1. The average molecular weight is 309 g/mol. The van der Waals surface area contributed by atoms with Gasteiger partial charge < -0.3 is 15.4 Å². The van der Waals surface area contributed by atoms with E-state index in [2.05, 4.69) is 22.4 Å². The highest BCUT2D eigenvalue weighted by atomic mass is 32.1. The van der Waals surface area contributed by atoms with Crippen molar-refractivity contribution >= 4 is 17.2 Å². The molecule has 0 radical (unpaired) electrons. The second-order valence-corrected chi connectivity index (χ2v) is 6.99. The molecule has 2 fully saturated rings. The Balaban J connectivity index is 1.56. The standard InChI is InChI=1S/C15H23N3O2S/c16-15(4-9-20-12-15)14(19)18-6-2-5-17(7-8-18)11-13-3-1-10-21-13/h1,3,10H,2,4-9,11-12,16H2. The molecule has 2 aliphatic rings. The molecule has 2 N–H and O–H groups in total. The van der Waals surface area contributed by atoms with Gasteiger partial charge in [0.15, 0.2) is 0 Å². The second-order valence-electron chi connectivity index (χ2n) is 5.96. The van der Waals surface area contributed by atoms with Crippen LogP contribution in [0.4, 0.5) is 0 Å². The summed E-state index contributed by atoms with van der Waals surface area (Å²) in [5, 5.41) is 2.11. The molecule has 1 amide bonds. The van der Waals surface area contributed by atoms with Crippen LogP contribution in [0.15, 0.2) is 17.5 Å². The van der Waals surface area contributed by atoms with Gasteiger partial charge in [-0.15, -0.1) is 11.3 Å². The van der Waals surface area contributed by atoms with E-state index in [1.54, 1.807) is 11.3 Å². The number of hydrogen-bond acceptors (Lipinski definition) is 5. The van der Waals surface area contributed by atoms with Crippen molar-refractivity contribution in [2.45, 2.75) is 24.9 Å². The summed E-state index contributed by atoms with van der Waals surface area (Å²) in [5.74, 6) is 0.0676. The lowest BCUT2D eigenvalue weighted by Gasteiger charge is -2.29. The summed E-state index contributed by atoms with van der Waals surface area (Å²) in [7, 11) is 0. The highest BCUT2D eigenvalue weighted by molar-refractivity contribution is 7.09. The summed E-state index contributed by atoms with van der Waals surface area (Å²) in [6.45, 7) is 5.47. The van der Waals surface area contributed by atoms with Crippen molar-refractivity contribution in [3.63, 3.8) is 0 Å². The summed E-state index contributed by atoms with van der Waals surface area (Å²) in [5.41, 5.74) is 5.41. The van der Waals surface area contributed by atoms with E-state index in [1.807, 2.05) is 4.90 Å².